The van der Waals surface area contributed by atoms with Crippen molar-refractivity contribution in [2.75, 3.05) is 18.0 Å². The molecule has 0 aliphatic carbocycles. The van der Waals surface area contributed by atoms with Gasteiger partial charge in [-0.15, -0.1) is 0 Å². The van der Waals surface area contributed by atoms with Crippen molar-refractivity contribution in [3.05, 3.63) is 77.0 Å². The van der Waals surface area contributed by atoms with E-state index in [1.807, 2.05) is 18.7 Å². The Kier molecular flexibility index (Phi) is 6.07. The molecule has 1 unspecified atom stereocenters. The summed E-state index contributed by atoms with van der Waals surface area (Å²) >= 11 is 0. The monoisotopic (exact) mass is 468 g/mol. The first-order valence-electron chi connectivity index (χ1n) is 12.7. The zero-order valence-corrected chi connectivity index (χ0v) is 21.8. The summed E-state index contributed by atoms with van der Waals surface area (Å²) in [6.07, 6.45) is 7.53. The maximum atomic E-state index is 5.20. The van der Waals surface area contributed by atoms with Gasteiger partial charge in [-0.25, -0.2) is 9.97 Å². The van der Waals surface area contributed by atoms with Gasteiger partial charge in [0.25, 0.3) is 0 Å². The Morgan fingerprint density at radius 2 is 1.83 bits per heavy atom. The Labute approximate surface area is 208 Å². The molecule has 1 aromatic carbocycles. The number of pyridine rings is 1. The number of rotatable bonds is 5. The number of hydrogen-bond donors (Lipinski definition) is 0. The molecule has 0 spiro atoms. The standard InChI is InChI=1S/C29H36N6/c1-19(2)35-18-31-27-26(35)25(16-23-15-24(29(4,5)6)8-7-20(23)3)32-28(33-27)34-14-11-22(17-34)21-9-12-30-13-10-21/h7-10,12-13,15,18-19,22H,11,14,16-17H2,1-6H3. The minimum atomic E-state index is 0.103. The van der Waals surface area contributed by atoms with E-state index in [4.69, 9.17) is 15.0 Å². The van der Waals surface area contributed by atoms with Crippen LogP contribution in [-0.2, 0) is 11.8 Å². The Hall–Kier alpha value is -3.28. The van der Waals surface area contributed by atoms with E-state index in [0.717, 1.165) is 48.7 Å². The highest BCUT2D eigenvalue weighted by Gasteiger charge is 2.27. The average molecular weight is 469 g/mol. The Balaban J connectivity index is 1.55. The molecule has 0 amide bonds. The van der Waals surface area contributed by atoms with E-state index in [1.54, 1.807) is 0 Å². The van der Waals surface area contributed by atoms with Crippen molar-refractivity contribution in [1.29, 1.82) is 0 Å². The van der Waals surface area contributed by atoms with Crippen LogP contribution in [0, 0.1) is 6.92 Å². The molecule has 0 saturated carbocycles. The van der Waals surface area contributed by atoms with Gasteiger partial charge in [0, 0.05) is 43.9 Å². The summed E-state index contributed by atoms with van der Waals surface area (Å²) in [6.45, 7) is 15.2. The molecule has 0 N–H and O–H groups in total. The molecule has 4 aromatic rings. The molecular formula is C29H36N6. The lowest BCUT2D eigenvalue weighted by molar-refractivity contribution is 0.589. The second-order valence-corrected chi connectivity index (χ2v) is 11.2. The lowest BCUT2D eigenvalue weighted by Crippen LogP contribution is -2.22. The first kappa shape index (κ1) is 23.5. The second-order valence-electron chi connectivity index (χ2n) is 11.2. The number of nitrogens with zero attached hydrogens (tertiary/aromatic N) is 6. The van der Waals surface area contributed by atoms with Gasteiger partial charge >= 0.3 is 0 Å². The summed E-state index contributed by atoms with van der Waals surface area (Å²) in [4.78, 5) is 21.3. The fourth-order valence-electron chi connectivity index (χ4n) is 5.02. The van der Waals surface area contributed by atoms with Gasteiger partial charge in [0.1, 0.15) is 5.52 Å². The molecule has 1 aliphatic rings. The Morgan fingerprint density at radius 1 is 1.06 bits per heavy atom. The number of aromatic nitrogens is 5. The molecule has 182 valence electrons. The summed E-state index contributed by atoms with van der Waals surface area (Å²) in [5.41, 5.74) is 8.29. The van der Waals surface area contributed by atoms with Gasteiger partial charge in [0.05, 0.1) is 12.0 Å². The Bertz CT molecular complexity index is 1330. The number of fused-ring (bicyclic) bond motifs is 1. The summed E-state index contributed by atoms with van der Waals surface area (Å²) in [6, 6.07) is 11.4. The van der Waals surface area contributed by atoms with Crippen LogP contribution in [0.15, 0.2) is 49.1 Å². The zero-order valence-electron chi connectivity index (χ0n) is 21.8. The van der Waals surface area contributed by atoms with Gasteiger partial charge in [-0.2, -0.15) is 4.98 Å². The van der Waals surface area contributed by atoms with Crippen molar-refractivity contribution >= 4 is 17.1 Å². The minimum Gasteiger partial charge on any atom is -0.340 e. The third kappa shape index (κ3) is 4.66. The van der Waals surface area contributed by atoms with Crippen LogP contribution in [0.5, 0.6) is 0 Å². The molecule has 1 atom stereocenters. The summed E-state index contributed by atoms with van der Waals surface area (Å²) in [7, 11) is 0. The van der Waals surface area contributed by atoms with E-state index in [9.17, 15) is 0 Å². The van der Waals surface area contributed by atoms with E-state index < -0.39 is 0 Å². The largest absolute Gasteiger partial charge is 0.340 e. The predicted octanol–water partition coefficient (Wildman–Crippen LogP) is 5.99. The quantitative estimate of drug-likeness (QED) is 0.360. The summed E-state index contributed by atoms with van der Waals surface area (Å²) < 4.78 is 2.21. The van der Waals surface area contributed by atoms with Gasteiger partial charge < -0.3 is 9.47 Å². The van der Waals surface area contributed by atoms with Crippen molar-refractivity contribution < 1.29 is 0 Å². The van der Waals surface area contributed by atoms with E-state index in [1.165, 1.54) is 22.3 Å². The normalized spacial score (nSPS) is 16.5. The molecule has 5 rings (SSSR count). The highest BCUT2D eigenvalue weighted by molar-refractivity contribution is 5.76. The first-order valence-corrected chi connectivity index (χ1v) is 12.7. The van der Waals surface area contributed by atoms with Crippen LogP contribution in [0.1, 0.15) is 80.9 Å². The number of aryl methyl sites for hydroxylation is 1. The van der Waals surface area contributed by atoms with Gasteiger partial charge in [-0.05, 0) is 67.0 Å². The maximum absolute atomic E-state index is 5.20. The molecule has 0 radical (unpaired) electrons. The minimum absolute atomic E-state index is 0.103. The van der Waals surface area contributed by atoms with Crippen molar-refractivity contribution in [3.63, 3.8) is 0 Å². The first-order chi connectivity index (χ1) is 16.7. The molecular weight excluding hydrogens is 432 g/mol. The van der Waals surface area contributed by atoms with Crippen molar-refractivity contribution in [2.24, 2.45) is 0 Å². The smallest absolute Gasteiger partial charge is 0.227 e. The van der Waals surface area contributed by atoms with E-state index in [0.29, 0.717) is 5.92 Å². The number of benzene rings is 1. The van der Waals surface area contributed by atoms with Crippen LogP contribution in [0.4, 0.5) is 5.95 Å². The van der Waals surface area contributed by atoms with Crippen LogP contribution in [0.2, 0.25) is 0 Å². The van der Waals surface area contributed by atoms with Crippen LogP contribution in [-0.4, -0.2) is 37.6 Å². The molecule has 6 nitrogen and oxygen atoms in total. The van der Waals surface area contributed by atoms with Crippen molar-refractivity contribution in [3.8, 4) is 0 Å². The molecule has 0 bridgehead atoms. The van der Waals surface area contributed by atoms with Gasteiger partial charge in [0.15, 0.2) is 5.65 Å². The van der Waals surface area contributed by atoms with E-state index >= 15 is 0 Å². The third-order valence-corrected chi connectivity index (χ3v) is 7.27. The Morgan fingerprint density at radius 3 is 2.54 bits per heavy atom. The van der Waals surface area contributed by atoms with Crippen LogP contribution < -0.4 is 4.90 Å². The predicted molar refractivity (Wildman–Crippen MR) is 142 cm³/mol. The van der Waals surface area contributed by atoms with E-state index in [2.05, 4.69) is 86.3 Å². The summed E-state index contributed by atoms with van der Waals surface area (Å²) in [5, 5.41) is 0. The molecule has 1 fully saturated rings. The van der Waals surface area contributed by atoms with Gasteiger partial charge in [0.2, 0.25) is 5.95 Å². The van der Waals surface area contributed by atoms with Crippen LogP contribution in [0.3, 0.4) is 0 Å². The molecule has 4 heterocycles. The van der Waals surface area contributed by atoms with E-state index in [-0.39, 0.29) is 11.5 Å². The van der Waals surface area contributed by atoms with Crippen molar-refractivity contribution in [2.45, 2.75) is 71.8 Å². The van der Waals surface area contributed by atoms with Crippen LogP contribution >= 0.6 is 0 Å². The highest BCUT2D eigenvalue weighted by atomic mass is 15.3. The number of anilines is 1. The molecule has 3 aromatic heterocycles. The van der Waals surface area contributed by atoms with Gasteiger partial charge in [-0.3, -0.25) is 4.98 Å². The molecule has 6 heteroatoms. The lowest BCUT2D eigenvalue weighted by atomic mass is 9.84. The number of hydrogen-bond acceptors (Lipinski definition) is 5. The lowest BCUT2D eigenvalue weighted by Gasteiger charge is -2.22. The van der Waals surface area contributed by atoms with Crippen molar-refractivity contribution in [1.82, 2.24) is 24.5 Å². The number of imidazole rings is 1. The highest BCUT2D eigenvalue weighted by Crippen LogP contribution is 2.32. The average Bonchev–Trinajstić information content (AvgIpc) is 3.48. The molecule has 1 saturated heterocycles. The van der Waals surface area contributed by atoms with Crippen LogP contribution in [0.25, 0.3) is 11.2 Å². The SMILES string of the molecule is Cc1ccc(C(C)(C)C)cc1Cc1nc(N2CCC(c3ccncc3)C2)nc2ncn(C(C)C)c12. The molecule has 35 heavy (non-hydrogen) atoms. The third-order valence-electron chi connectivity index (χ3n) is 7.27. The maximum Gasteiger partial charge on any atom is 0.227 e. The summed E-state index contributed by atoms with van der Waals surface area (Å²) in [5.74, 6) is 1.27. The fourth-order valence-corrected chi connectivity index (χ4v) is 5.02. The van der Waals surface area contributed by atoms with Gasteiger partial charge in [-0.1, -0.05) is 39.0 Å². The molecule has 1 aliphatic heterocycles. The topological polar surface area (TPSA) is 59.7 Å². The second kappa shape index (κ2) is 9.06. The fraction of sp³-hybridized carbons (Fsp3) is 0.448. The zero-order chi connectivity index (χ0) is 24.7.